The number of hydrogen-bond acceptors (Lipinski definition) is 25. The van der Waals surface area contributed by atoms with Crippen LogP contribution < -0.4 is 0 Å². The number of aliphatic hydroxyl groups excluding tert-OH is 7. The molecule has 4 saturated heterocycles. The molecule has 0 aromatic heterocycles. The van der Waals surface area contributed by atoms with Crippen LogP contribution >= 0.6 is 0 Å². The van der Waals surface area contributed by atoms with Crippen LogP contribution in [0, 0.1) is 17.8 Å². The molecule has 4 heterocycles. The van der Waals surface area contributed by atoms with Gasteiger partial charge in [0.05, 0.1) is 44.2 Å². The molecule has 324 valence electrons. The van der Waals surface area contributed by atoms with Gasteiger partial charge in [0, 0.05) is 24.9 Å². The van der Waals surface area contributed by atoms with Gasteiger partial charge in [-0.2, -0.15) is 0 Å². The van der Waals surface area contributed by atoms with Gasteiger partial charge in [-0.15, -0.1) is 8.67 Å². The van der Waals surface area contributed by atoms with Gasteiger partial charge >= 0.3 is 0 Å². The van der Waals surface area contributed by atoms with E-state index in [4.69, 9.17) is 48.0 Å². The molecular weight excluding hydrogens is 800 g/mol. The van der Waals surface area contributed by atoms with Crippen LogP contribution in [-0.2, 0) is 83.9 Å². The minimum absolute atomic E-state index is 0.366. The van der Waals surface area contributed by atoms with E-state index in [2.05, 4.69) is 18.4 Å². The predicted octanol–water partition coefficient (Wildman–Crippen LogP) is -5.27. The molecule has 25 nitrogen and oxygen atoms in total. The zero-order valence-corrected chi connectivity index (χ0v) is 31.3. The highest BCUT2D eigenvalue weighted by atomic mass is 32.2. The molecule has 0 aromatic rings. The summed E-state index contributed by atoms with van der Waals surface area (Å²) in [4.78, 5) is 13.7. The van der Waals surface area contributed by atoms with E-state index >= 15 is 0 Å². The third-order valence-corrected chi connectivity index (χ3v) is 10.2. The maximum atomic E-state index is 11.5. The van der Waals surface area contributed by atoms with Gasteiger partial charge in [0.1, 0.15) is 84.3 Å². The van der Waals surface area contributed by atoms with Gasteiger partial charge in [-0.3, -0.25) is 5.26 Å². The molecule has 4 rings (SSSR count). The van der Waals surface area contributed by atoms with Crippen LogP contribution in [0.3, 0.4) is 0 Å². The Hall–Kier alpha value is -0.620. The second-order valence-corrected chi connectivity index (χ2v) is 14.4. The van der Waals surface area contributed by atoms with Gasteiger partial charge in [0.2, 0.25) is 0 Å². The van der Waals surface area contributed by atoms with Crippen molar-refractivity contribution >= 4 is 22.7 Å². The zero-order valence-electron chi connectivity index (χ0n) is 29.7. The Morgan fingerprint density at radius 2 is 1.00 bits per heavy atom. The Balaban J connectivity index is 1.47. The van der Waals surface area contributed by atoms with Gasteiger partial charge in [-0.05, 0) is 20.8 Å². The summed E-state index contributed by atoms with van der Waals surface area (Å²) in [6.45, 7) is 2.45. The minimum atomic E-state index is -3.17. The Bertz CT molecular complexity index is 1210. The molecule has 27 heteroatoms. The molecule has 4 fully saturated rings. The van der Waals surface area contributed by atoms with Crippen LogP contribution in [0.5, 0.6) is 0 Å². The first kappa shape index (κ1) is 47.1. The molecule has 10 unspecified atom stereocenters. The molecule has 0 amide bonds. The van der Waals surface area contributed by atoms with E-state index in [1.807, 2.05) is 0 Å². The summed E-state index contributed by atoms with van der Waals surface area (Å²) < 4.78 is 97.5. The molecule has 4 aliphatic rings. The van der Waals surface area contributed by atoms with Crippen LogP contribution in [0.15, 0.2) is 0 Å². The highest BCUT2D eigenvalue weighted by Crippen LogP contribution is 2.36. The van der Waals surface area contributed by atoms with E-state index in [1.54, 1.807) is 6.92 Å². The molecule has 0 radical (unpaired) electrons. The summed E-state index contributed by atoms with van der Waals surface area (Å²) in [5.41, 5.74) is 0. The van der Waals surface area contributed by atoms with Gasteiger partial charge in [0.15, 0.2) is 25.2 Å². The molecule has 4 aliphatic heterocycles. The predicted molar refractivity (Wildman–Crippen MR) is 167 cm³/mol. The number of aliphatic hydroxyl groups is 7. The van der Waals surface area contributed by atoms with E-state index in [0.29, 0.717) is 0 Å². The van der Waals surface area contributed by atoms with Gasteiger partial charge in [-0.25, -0.2) is 23.1 Å². The van der Waals surface area contributed by atoms with Crippen molar-refractivity contribution in [1.82, 2.24) is 0 Å². The van der Waals surface area contributed by atoms with Gasteiger partial charge in [-0.1, -0.05) is 0 Å². The number of rotatable bonds is 18. The lowest BCUT2D eigenvalue weighted by Gasteiger charge is -2.46. The van der Waals surface area contributed by atoms with Crippen molar-refractivity contribution in [3.8, 4) is 0 Å². The molecule has 0 saturated carbocycles. The Morgan fingerprint density at radius 1 is 0.527 bits per heavy atom. The van der Waals surface area contributed by atoms with Crippen LogP contribution in [-0.4, -0.2) is 197 Å². The third-order valence-electron chi connectivity index (χ3n) is 9.81. The molecular formula is C28H48O25S2-2. The monoisotopic (exact) mass is 848 g/mol. The highest BCUT2D eigenvalue weighted by Gasteiger charge is 2.51. The minimum Gasteiger partial charge on any atom is -0.748 e. The van der Waals surface area contributed by atoms with Crippen molar-refractivity contribution in [2.75, 3.05) is 33.5 Å². The summed E-state index contributed by atoms with van der Waals surface area (Å²) >= 11 is -6.28. The fraction of sp³-hybridized carbons (Fsp3) is 1.00. The molecule has 0 aliphatic carbocycles. The molecule has 0 bridgehead atoms. The van der Waals surface area contributed by atoms with Crippen molar-refractivity contribution < 1.29 is 120 Å². The Kier molecular flexibility index (Phi) is 18.5. The topological polar surface area (TPSA) is 362 Å². The second kappa shape index (κ2) is 21.6. The third kappa shape index (κ3) is 11.8. The quantitative estimate of drug-likeness (QED) is 0.0363. The van der Waals surface area contributed by atoms with Crippen molar-refractivity contribution in [2.45, 2.75) is 125 Å². The van der Waals surface area contributed by atoms with E-state index in [1.165, 1.54) is 21.0 Å². The van der Waals surface area contributed by atoms with Gasteiger partial charge in [0.25, 0.3) is 0 Å². The summed E-state index contributed by atoms with van der Waals surface area (Å²) in [6.07, 6.45) is -24.6. The van der Waals surface area contributed by atoms with Crippen LogP contribution in [0.2, 0.25) is 0 Å². The lowest BCUT2D eigenvalue weighted by atomic mass is 9.83. The van der Waals surface area contributed by atoms with E-state index in [9.17, 15) is 53.3 Å². The summed E-state index contributed by atoms with van der Waals surface area (Å²) in [5, 5.41) is 83.6. The summed E-state index contributed by atoms with van der Waals surface area (Å²) in [7, 11) is 1.32. The van der Waals surface area contributed by atoms with E-state index in [0.717, 1.165) is 0 Å². The second-order valence-electron chi connectivity index (χ2n) is 13.3. The Labute approximate surface area is 318 Å². The molecule has 0 spiro atoms. The molecule has 55 heavy (non-hydrogen) atoms. The molecule has 22 atom stereocenters. The largest absolute Gasteiger partial charge is 0.748 e. The molecule has 8 N–H and O–H groups in total. The number of ether oxygens (including phenoxy) is 8. The van der Waals surface area contributed by atoms with Crippen molar-refractivity contribution in [2.24, 2.45) is 17.8 Å². The molecule has 0 aromatic carbocycles. The normalized spacial score (nSPS) is 46.7. The van der Waals surface area contributed by atoms with Crippen LogP contribution in [0.4, 0.5) is 0 Å². The summed E-state index contributed by atoms with van der Waals surface area (Å²) in [5.74, 6) is -3.05. The van der Waals surface area contributed by atoms with E-state index in [-0.39, 0.29) is 13.2 Å². The fourth-order valence-electron chi connectivity index (χ4n) is 6.76. The van der Waals surface area contributed by atoms with Gasteiger partial charge < -0.3 is 82.7 Å². The Morgan fingerprint density at radius 3 is 1.56 bits per heavy atom. The van der Waals surface area contributed by atoms with Crippen molar-refractivity contribution in [1.29, 1.82) is 0 Å². The van der Waals surface area contributed by atoms with Crippen molar-refractivity contribution in [3.05, 3.63) is 0 Å². The summed E-state index contributed by atoms with van der Waals surface area (Å²) in [6, 6.07) is 0. The highest BCUT2D eigenvalue weighted by molar-refractivity contribution is 7.74. The first-order valence-corrected chi connectivity index (χ1v) is 18.9. The number of methoxy groups -OCH3 is 1. The first-order valence-electron chi connectivity index (χ1n) is 16.9. The standard InChI is InChI=1S/C28H50O25S2/c1-9-16(29)12(13(25(41-4)46-9)6-43-28-21(34)19(32)18(31)15(49-28)8-45-36)5-42-26-17(30)14(23(10(2)47-26)50-52-54(37)38)7-44-27-22(35)20(33)24(11(3)48-27)51-53-55(39)40/h9-36H,5-8H2,1-4H3,(H,37,38)(H,39,40)/p-2/t9?,10?,11?,12-,13?,14-,15?,16-,17?,18-,19-,20-,21?,22?,23-,24-,25-,26-,27-,28+/m1/s1. The number of hydrogen-bond donors (Lipinski definition) is 8. The zero-order chi connectivity index (χ0) is 40.7. The lowest BCUT2D eigenvalue weighted by molar-refractivity contribution is -0.371. The average molecular weight is 849 g/mol. The maximum Gasteiger partial charge on any atom is 0.186 e. The smallest absolute Gasteiger partial charge is 0.186 e. The first-order chi connectivity index (χ1) is 26.0. The SMILES string of the molecule is CO[C@@H]1OC(C)[C@@H](O)[C@H](CO[C@@H]2OC(C)[C@@H](OOS(=O)[O-])[C@H](CO[C@@H]3OC(C)[C@@H](OOS(=O)[O-])[C@H](O)C3O)C2O)C1CO[C@H]1OC(COO)[C@@H](O)[C@@H](O)C1O. The van der Waals surface area contributed by atoms with E-state index < -0.39 is 158 Å². The maximum absolute atomic E-state index is 11.5. The van der Waals surface area contributed by atoms with Crippen LogP contribution in [0.1, 0.15) is 20.8 Å². The van der Waals surface area contributed by atoms with Crippen molar-refractivity contribution in [3.63, 3.8) is 0 Å². The fourth-order valence-corrected chi connectivity index (χ4v) is 7.07. The lowest BCUT2D eigenvalue weighted by Crippen LogP contribution is -2.61. The van der Waals surface area contributed by atoms with Crippen LogP contribution in [0.25, 0.3) is 0 Å². The average Bonchev–Trinajstić information content (AvgIpc) is 3.13.